The summed E-state index contributed by atoms with van der Waals surface area (Å²) in [5, 5.41) is 17.2. The maximum absolute atomic E-state index is 10.7. The first kappa shape index (κ1) is 18.6. The predicted molar refractivity (Wildman–Crippen MR) is 91.3 cm³/mol. The van der Waals surface area contributed by atoms with Crippen molar-refractivity contribution in [2.45, 2.75) is 59.5 Å². The van der Waals surface area contributed by atoms with Crippen LogP contribution < -0.4 is 10.6 Å². The summed E-state index contributed by atoms with van der Waals surface area (Å²) < 4.78 is 5.51. The molecule has 0 aromatic carbocycles. The minimum absolute atomic E-state index is 0.288. The molecule has 0 radical (unpaired) electrons. The Morgan fingerprint density at radius 3 is 2.55 bits per heavy atom. The minimum atomic E-state index is -1.03. The van der Waals surface area contributed by atoms with Crippen LogP contribution in [-0.4, -0.2) is 30.7 Å². The molecular weight excluding hydrogens is 278 g/mol. The third-order valence-electron chi connectivity index (χ3n) is 3.58. The van der Waals surface area contributed by atoms with Crippen LogP contribution in [0.2, 0.25) is 0 Å². The molecule has 5 heteroatoms. The summed E-state index contributed by atoms with van der Waals surface area (Å²) in [6, 6.07) is 1.88. The number of aliphatic imine (C=N–C) groups is 1. The molecule has 1 heterocycles. The van der Waals surface area contributed by atoms with E-state index < -0.39 is 5.60 Å². The monoisotopic (exact) mass is 309 g/mol. The molecule has 1 aromatic rings. The topological polar surface area (TPSA) is 69.8 Å². The molecule has 1 atom stereocenters. The van der Waals surface area contributed by atoms with E-state index in [0.29, 0.717) is 0 Å². The quantitative estimate of drug-likeness (QED) is 0.392. The van der Waals surface area contributed by atoms with E-state index >= 15 is 0 Å². The molecule has 22 heavy (non-hydrogen) atoms. The van der Waals surface area contributed by atoms with Crippen molar-refractivity contribution in [3.05, 3.63) is 23.2 Å². The Bertz CT molecular complexity index is 478. The fourth-order valence-electron chi connectivity index (χ4n) is 2.41. The number of nitrogens with zero attached hydrogens (tertiary/aromatic N) is 1. The predicted octanol–water partition coefficient (Wildman–Crippen LogP) is 2.85. The van der Waals surface area contributed by atoms with Gasteiger partial charge in [0.15, 0.2) is 5.96 Å². The van der Waals surface area contributed by atoms with Gasteiger partial charge in [-0.15, -0.1) is 0 Å². The Kier molecular flexibility index (Phi) is 7.45. The van der Waals surface area contributed by atoms with Crippen molar-refractivity contribution in [3.63, 3.8) is 0 Å². The van der Waals surface area contributed by atoms with Crippen LogP contribution in [0.4, 0.5) is 0 Å². The van der Waals surface area contributed by atoms with Crippen molar-refractivity contribution < 1.29 is 9.52 Å². The number of aliphatic hydroxyl groups is 1. The summed E-state index contributed by atoms with van der Waals surface area (Å²) in [7, 11) is 0. The third kappa shape index (κ3) is 5.72. The summed E-state index contributed by atoms with van der Waals surface area (Å²) in [6.45, 7) is 11.7. The molecule has 0 saturated heterocycles. The van der Waals surface area contributed by atoms with Gasteiger partial charge in [-0.25, -0.2) is 4.99 Å². The summed E-state index contributed by atoms with van der Waals surface area (Å²) in [6.07, 6.45) is 3.53. The number of rotatable bonds is 8. The SMILES string of the molecule is CCCCCNC(=NCC(C)(O)c1cc(C)oc1C)NCC. The lowest BCUT2D eigenvalue weighted by atomic mass is 9.96. The van der Waals surface area contributed by atoms with Crippen LogP contribution in [0, 0.1) is 13.8 Å². The Hall–Kier alpha value is -1.49. The highest BCUT2D eigenvalue weighted by Gasteiger charge is 2.27. The van der Waals surface area contributed by atoms with Gasteiger partial charge in [0.1, 0.15) is 17.1 Å². The molecule has 0 saturated carbocycles. The molecule has 126 valence electrons. The van der Waals surface area contributed by atoms with Gasteiger partial charge in [-0.3, -0.25) is 0 Å². The van der Waals surface area contributed by atoms with Gasteiger partial charge in [-0.05, 0) is 40.2 Å². The fraction of sp³-hybridized carbons (Fsp3) is 0.706. The van der Waals surface area contributed by atoms with Crippen LogP contribution >= 0.6 is 0 Å². The van der Waals surface area contributed by atoms with E-state index in [1.165, 1.54) is 12.8 Å². The van der Waals surface area contributed by atoms with Crippen molar-refractivity contribution in [1.82, 2.24) is 10.6 Å². The van der Waals surface area contributed by atoms with Crippen molar-refractivity contribution in [3.8, 4) is 0 Å². The molecule has 0 bridgehead atoms. The number of nitrogens with one attached hydrogen (secondary N) is 2. The standard InChI is InChI=1S/C17H31N3O2/c1-6-8-9-10-19-16(18-7-2)20-12-17(5,21)15-11-13(3)22-14(15)4/h11,21H,6-10,12H2,1-5H3,(H2,18,19,20). The van der Waals surface area contributed by atoms with Gasteiger partial charge in [0.25, 0.3) is 0 Å². The molecule has 0 aliphatic rings. The first-order valence-electron chi connectivity index (χ1n) is 8.22. The van der Waals surface area contributed by atoms with E-state index in [-0.39, 0.29) is 6.54 Å². The Morgan fingerprint density at radius 1 is 1.27 bits per heavy atom. The molecule has 3 N–H and O–H groups in total. The van der Waals surface area contributed by atoms with Crippen LogP contribution in [0.15, 0.2) is 15.5 Å². The van der Waals surface area contributed by atoms with Gasteiger partial charge < -0.3 is 20.2 Å². The zero-order valence-corrected chi connectivity index (χ0v) is 14.6. The van der Waals surface area contributed by atoms with E-state index in [0.717, 1.165) is 42.6 Å². The lowest BCUT2D eigenvalue weighted by Crippen LogP contribution is -2.39. The van der Waals surface area contributed by atoms with Crippen LogP contribution in [-0.2, 0) is 5.60 Å². The molecule has 0 aliphatic carbocycles. The molecule has 0 spiro atoms. The summed E-state index contributed by atoms with van der Waals surface area (Å²) >= 11 is 0. The summed E-state index contributed by atoms with van der Waals surface area (Å²) in [5.41, 5.74) is -0.233. The number of aryl methyl sites for hydroxylation is 2. The van der Waals surface area contributed by atoms with Gasteiger partial charge in [0.05, 0.1) is 6.54 Å². The van der Waals surface area contributed by atoms with E-state index in [9.17, 15) is 5.11 Å². The van der Waals surface area contributed by atoms with Crippen LogP contribution in [0.25, 0.3) is 0 Å². The van der Waals surface area contributed by atoms with Gasteiger partial charge in [-0.1, -0.05) is 19.8 Å². The average Bonchev–Trinajstić information content (AvgIpc) is 2.80. The molecule has 1 unspecified atom stereocenters. The van der Waals surface area contributed by atoms with Crippen molar-refractivity contribution in [2.24, 2.45) is 4.99 Å². The van der Waals surface area contributed by atoms with Crippen LogP contribution in [0.1, 0.15) is 57.1 Å². The molecule has 1 rings (SSSR count). The van der Waals surface area contributed by atoms with Crippen LogP contribution in [0.5, 0.6) is 0 Å². The number of guanidine groups is 1. The van der Waals surface area contributed by atoms with E-state index in [2.05, 4.69) is 22.5 Å². The number of furan rings is 1. The lowest BCUT2D eigenvalue weighted by molar-refractivity contribution is 0.0657. The normalized spacial score (nSPS) is 14.7. The summed E-state index contributed by atoms with van der Waals surface area (Å²) in [4.78, 5) is 4.51. The highest BCUT2D eigenvalue weighted by atomic mass is 16.3. The van der Waals surface area contributed by atoms with E-state index in [4.69, 9.17) is 4.42 Å². The Morgan fingerprint density at radius 2 is 2.00 bits per heavy atom. The zero-order valence-electron chi connectivity index (χ0n) is 14.6. The van der Waals surface area contributed by atoms with Gasteiger partial charge in [0.2, 0.25) is 0 Å². The highest BCUT2D eigenvalue weighted by molar-refractivity contribution is 5.79. The lowest BCUT2D eigenvalue weighted by Gasteiger charge is -2.21. The number of hydrogen-bond acceptors (Lipinski definition) is 3. The minimum Gasteiger partial charge on any atom is -0.466 e. The first-order chi connectivity index (χ1) is 10.4. The number of hydrogen-bond donors (Lipinski definition) is 3. The molecular formula is C17H31N3O2. The highest BCUT2D eigenvalue weighted by Crippen LogP contribution is 2.27. The maximum Gasteiger partial charge on any atom is 0.191 e. The maximum atomic E-state index is 10.7. The van der Waals surface area contributed by atoms with Gasteiger partial charge >= 0.3 is 0 Å². The summed E-state index contributed by atoms with van der Waals surface area (Å²) in [5.74, 6) is 2.30. The third-order valence-corrected chi connectivity index (χ3v) is 3.58. The fourth-order valence-corrected chi connectivity index (χ4v) is 2.41. The molecule has 5 nitrogen and oxygen atoms in total. The van der Waals surface area contributed by atoms with Crippen molar-refractivity contribution in [2.75, 3.05) is 19.6 Å². The largest absolute Gasteiger partial charge is 0.466 e. The second-order valence-corrected chi connectivity index (χ2v) is 5.93. The molecule has 0 fully saturated rings. The Balaban J connectivity index is 2.68. The van der Waals surface area contributed by atoms with Crippen molar-refractivity contribution >= 4 is 5.96 Å². The first-order valence-corrected chi connectivity index (χ1v) is 8.22. The molecule has 0 aliphatic heterocycles. The van der Waals surface area contributed by atoms with E-state index in [1.807, 2.05) is 26.8 Å². The second-order valence-electron chi connectivity index (χ2n) is 5.93. The smallest absolute Gasteiger partial charge is 0.191 e. The van der Waals surface area contributed by atoms with Crippen LogP contribution in [0.3, 0.4) is 0 Å². The molecule has 0 amide bonds. The number of unbranched alkanes of at least 4 members (excludes halogenated alkanes) is 2. The average molecular weight is 309 g/mol. The van der Waals surface area contributed by atoms with Crippen molar-refractivity contribution in [1.29, 1.82) is 0 Å². The zero-order chi connectivity index (χ0) is 16.6. The Labute approximate surface area is 134 Å². The van der Waals surface area contributed by atoms with Gasteiger partial charge in [-0.2, -0.15) is 0 Å². The van der Waals surface area contributed by atoms with E-state index in [1.54, 1.807) is 6.92 Å². The molecule has 1 aromatic heterocycles. The van der Waals surface area contributed by atoms with Gasteiger partial charge in [0, 0.05) is 18.7 Å². The second kappa shape index (κ2) is 8.83.